The van der Waals surface area contributed by atoms with Crippen LogP contribution in [0.15, 0.2) is 23.1 Å². The second-order valence-corrected chi connectivity index (χ2v) is 5.31. The molecule has 1 aromatic carbocycles. The second-order valence-electron chi connectivity index (χ2n) is 2.78. The summed E-state index contributed by atoms with van der Waals surface area (Å²) in [7, 11) is 2.94. The van der Waals surface area contributed by atoms with Gasteiger partial charge in [-0.1, -0.05) is 13.0 Å². The van der Waals surface area contributed by atoms with Gasteiger partial charge in [-0.3, -0.25) is 0 Å². The van der Waals surface area contributed by atoms with Gasteiger partial charge in [-0.25, -0.2) is 8.42 Å². The molecular formula is C9H11ClO3S. The highest BCUT2D eigenvalue weighted by Gasteiger charge is 2.16. The van der Waals surface area contributed by atoms with E-state index in [0.717, 1.165) is 12.0 Å². The molecule has 0 aliphatic carbocycles. The molecule has 1 rings (SSSR count). The van der Waals surface area contributed by atoms with E-state index in [9.17, 15) is 8.42 Å². The normalized spacial score (nSPS) is 11.4. The van der Waals surface area contributed by atoms with Gasteiger partial charge in [0.15, 0.2) is 0 Å². The zero-order chi connectivity index (χ0) is 10.8. The Morgan fingerprint density at radius 3 is 2.50 bits per heavy atom. The summed E-state index contributed by atoms with van der Waals surface area (Å²) in [5.41, 5.74) is 0.907. The smallest absolute Gasteiger partial charge is 0.264 e. The largest absolute Gasteiger partial charge is 0.495 e. The van der Waals surface area contributed by atoms with Gasteiger partial charge in [-0.05, 0) is 24.1 Å². The van der Waals surface area contributed by atoms with Crippen molar-refractivity contribution in [2.45, 2.75) is 18.2 Å². The van der Waals surface area contributed by atoms with E-state index in [2.05, 4.69) is 0 Å². The van der Waals surface area contributed by atoms with Gasteiger partial charge >= 0.3 is 0 Å². The Morgan fingerprint density at radius 2 is 2.07 bits per heavy atom. The number of hydrogen-bond donors (Lipinski definition) is 0. The van der Waals surface area contributed by atoms with E-state index in [-0.39, 0.29) is 10.6 Å². The molecule has 0 N–H and O–H groups in total. The highest BCUT2D eigenvalue weighted by Crippen LogP contribution is 2.27. The molecule has 0 atom stereocenters. The van der Waals surface area contributed by atoms with Crippen LogP contribution in [0.4, 0.5) is 0 Å². The minimum atomic E-state index is -3.73. The van der Waals surface area contributed by atoms with Crippen molar-refractivity contribution in [3.8, 4) is 5.75 Å². The Labute approximate surface area is 88.1 Å². The zero-order valence-corrected chi connectivity index (χ0v) is 9.52. The average Bonchev–Trinajstić information content (AvgIpc) is 2.15. The maximum Gasteiger partial charge on any atom is 0.264 e. The second kappa shape index (κ2) is 4.19. The Hall–Kier alpha value is -0.740. The third-order valence-electron chi connectivity index (χ3n) is 1.90. The van der Waals surface area contributed by atoms with Crippen LogP contribution in [0.2, 0.25) is 0 Å². The highest BCUT2D eigenvalue weighted by molar-refractivity contribution is 8.13. The maximum absolute atomic E-state index is 11.2. The van der Waals surface area contributed by atoms with Crippen LogP contribution in [0.1, 0.15) is 12.5 Å². The lowest BCUT2D eigenvalue weighted by atomic mass is 10.2. The van der Waals surface area contributed by atoms with Crippen LogP contribution in [0.5, 0.6) is 5.75 Å². The molecule has 0 unspecified atom stereocenters. The molecule has 0 bridgehead atoms. The van der Waals surface area contributed by atoms with Crippen LogP contribution in [0, 0.1) is 0 Å². The summed E-state index contributed by atoms with van der Waals surface area (Å²) < 4.78 is 27.2. The van der Waals surface area contributed by atoms with Crippen molar-refractivity contribution >= 4 is 19.7 Å². The molecule has 0 fully saturated rings. The molecule has 0 spiro atoms. The Balaban J connectivity index is 3.37. The minimum Gasteiger partial charge on any atom is -0.495 e. The Kier molecular flexibility index (Phi) is 3.39. The zero-order valence-electron chi connectivity index (χ0n) is 7.95. The summed E-state index contributed by atoms with van der Waals surface area (Å²) in [5.74, 6) is 0.275. The van der Waals surface area contributed by atoms with Crippen LogP contribution < -0.4 is 4.74 Å². The fraction of sp³-hybridized carbons (Fsp3) is 0.333. The van der Waals surface area contributed by atoms with Crippen molar-refractivity contribution in [1.29, 1.82) is 0 Å². The molecule has 0 saturated carbocycles. The fourth-order valence-electron chi connectivity index (χ4n) is 1.13. The van der Waals surface area contributed by atoms with Gasteiger partial charge in [0.1, 0.15) is 10.6 Å². The lowest BCUT2D eigenvalue weighted by molar-refractivity contribution is 0.403. The van der Waals surface area contributed by atoms with Crippen molar-refractivity contribution in [2.75, 3.05) is 7.11 Å². The first-order chi connectivity index (χ1) is 6.49. The van der Waals surface area contributed by atoms with Crippen LogP contribution >= 0.6 is 10.7 Å². The highest BCUT2D eigenvalue weighted by atomic mass is 35.7. The van der Waals surface area contributed by atoms with E-state index in [1.54, 1.807) is 6.07 Å². The molecule has 0 heterocycles. The molecule has 0 amide bonds. The van der Waals surface area contributed by atoms with E-state index in [1.807, 2.05) is 13.0 Å². The molecule has 14 heavy (non-hydrogen) atoms. The number of benzene rings is 1. The first-order valence-corrected chi connectivity index (χ1v) is 6.41. The van der Waals surface area contributed by atoms with Crippen LogP contribution in [-0.4, -0.2) is 15.5 Å². The van der Waals surface area contributed by atoms with Gasteiger partial charge in [0.2, 0.25) is 0 Å². The van der Waals surface area contributed by atoms with Gasteiger partial charge < -0.3 is 4.74 Å². The standard InChI is InChI=1S/C9H11ClO3S/c1-3-7-4-5-8(13-2)9(6-7)14(10,11)12/h4-6H,3H2,1-2H3. The van der Waals surface area contributed by atoms with E-state index in [0.29, 0.717) is 0 Å². The first-order valence-electron chi connectivity index (χ1n) is 4.10. The first kappa shape index (κ1) is 11.3. The topological polar surface area (TPSA) is 43.4 Å². The minimum absolute atomic E-state index is 0.0287. The van der Waals surface area contributed by atoms with Crippen molar-refractivity contribution in [3.05, 3.63) is 23.8 Å². The third-order valence-corrected chi connectivity index (χ3v) is 3.24. The predicted molar refractivity (Wildman–Crippen MR) is 55.4 cm³/mol. The van der Waals surface area contributed by atoms with E-state index >= 15 is 0 Å². The summed E-state index contributed by atoms with van der Waals surface area (Å²) >= 11 is 0. The van der Waals surface area contributed by atoms with Crippen molar-refractivity contribution in [2.24, 2.45) is 0 Å². The van der Waals surface area contributed by atoms with Crippen LogP contribution in [-0.2, 0) is 15.5 Å². The number of halogens is 1. The van der Waals surface area contributed by atoms with Crippen LogP contribution in [0.25, 0.3) is 0 Å². The fourth-order valence-corrected chi connectivity index (χ4v) is 2.18. The molecule has 3 nitrogen and oxygen atoms in total. The lowest BCUT2D eigenvalue weighted by Crippen LogP contribution is -1.97. The predicted octanol–water partition coefficient (Wildman–Crippen LogP) is 2.19. The number of ether oxygens (including phenoxy) is 1. The number of aryl methyl sites for hydroxylation is 1. The van der Waals surface area contributed by atoms with Crippen molar-refractivity contribution in [1.82, 2.24) is 0 Å². The third kappa shape index (κ3) is 2.39. The monoisotopic (exact) mass is 234 g/mol. The molecule has 0 saturated heterocycles. The Morgan fingerprint density at radius 1 is 1.43 bits per heavy atom. The summed E-state index contributed by atoms with van der Waals surface area (Å²) in [6, 6.07) is 4.94. The molecule has 0 aliphatic heterocycles. The van der Waals surface area contributed by atoms with Gasteiger partial charge in [-0.15, -0.1) is 0 Å². The molecule has 0 radical (unpaired) electrons. The summed E-state index contributed by atoms with van der Waals surface area (Å²) in [4.78, 5) is 0.0287. The van der Waals surface area contributed by atoms with Crippen molar-refractivity contribution in [3.63, 3.8) is 0 Å². The van der Waals surface area contributed by atoms with Gasteiger partial charge in [0.05, 0.1) is 7.11 Å². The van der Waals surface area contributed by atoms with Crippen LogP contribution in [0.3, 0.4) is 0 Å². The quantitative estimate of drug-likeness (QED) is 0.753. The molecular weight excluding hydrogens is 224 g/mol. The van der Waals surface area contributed by atoms with Gasteiger partial charge in [0, 0.05) is 10.7 Å². The molecule has 0 aromatic heterocycles. The molecule has 5 heteroatoms. The van der Waals surface area contributed by atoms with E-state index in [1.165, 1.54) is 13.2 Å². The Bertz CT molecular complexity index is 426. The number of methoxy groups -OCH3 is 1. The summed E-state index contributed by atoms with van der Waals surface area (Å²) in [5, 5.41) is 0. The van der Waals surface area contributed by atoms with Gasteiger partial charge in [-0.2, -0.15) is 0 Å². The van der Waals surface area contributed by atoms with E-state index < -0.39 is 9.05 Å². The molecule has 1 aromatic rings. The van der Waals surface area contributed by atoms with Crippen molar-refractivity contribution < 1.29 is 13.2 Å². The summed E-state index contributed by atoms with van der Waals surface area (Å²) in [6.45, 7) is 1.94. The number of hydrogen-bond acceptors (Lipinski definition) is 3. The molecule has 0 aliphatic rings. The number of rotatable bonds is 3. The average molecular weight is 235 g/mol. The summed E-state index contributed by atoms with van der Waals surface area (Å²) in [6.07, 6.45) is 0.753. The van der Waals surface area contributed by atoms with Gasteiger partial charge in [0.25, 0.3) is 9.05 Å². The maximum atomic E-state index is 11.2. The lowest BCUT2D eigenvalue weighted by Gasteiger charge is -2.06. The SMILES string of the molecule is CCc1ccc(OC)c(S(=O)(=O)Cl)c1. The van der Waals surface area contributed by atoms with E-state index in [4.69, 9.17) is 15.4 Å². The molecule has 78 valence electrons.